The van der Waals surface area contributed by atoms with Gasteiger partial charge in [0, 0.05) is 12.6 Å². The lowest BCUT2D eigenvalue weighted by Crippen LogP contribution is -2.46. The number of phenolic OH excluding ortho intramolecular Hbond substituents is 1. The lowest BCUT2D eigenvalue weighted by molar-refractivity contribution is 0.211. The Balaban J connectivity index is 2.30. The van der Waals surface area contributed by atoms with E-state index in [4.69, 9.17) is 16.2 Å². The standard InChI is InChI=1S/C23H34N2O2/c1-15-11-17(22(3,4)14-23(5,6)20(25)13-24)12-16(2)21(15)27-19-9-7-18(26)8-10-19/h7-12,20,26H,13-14,24-25H2,1-6H3. The molecule has 0 aromatic heterocycles. The average Bonchev–Trinajstić information content (AvgIpc) is 2.57. The minimum absolute atomic E-state index is 0.0314. The van der Waals surface area contributed by atoms with Crippen LogP contribution in [0.4, 0.5) is 0 Å². The third-order valence-electron chi connectivity index (χ3n) is 5.45. The molecule has 0 radical (unpaired) electrons. The smallest absolute Gasteiger partial charge is 0.133 e. The number of nitrogens with two attached hydrogens (primary N) is 2. The van der Waals surface area contributed by atoms with E-state index in [1.54, 1.807) is 24.3 Å². The molecule has 0 aliphatic heterocycles. The number of ether oxygens (including phenoxy) is 1. The molecule has 4 nitrogen and oxygen atoms in total. The highest BCUT2D eigenvalue weighted by Crippen LogP contribution is 2.40. The molecule has 0 fully saturated rings. The van der Waals surface area contributed by atoms with Gasteiger partial charge in [0.2, 0.25) is 0 Å². The molecule has 2 aromatic rings. The summed E-state index contributed by atoms with van der Waals surface area (Å²) in [5.74, 6) is 1.80. The monoisotopic (exact) mass is 370 g/mol. The van der Waals surface area contributed by atoms with Crippen molar-refractivity contribution in [3.63, 3.8) is 0 Å². The quantitative estimate of drug-likeness (QED) is 0.655. The van der Waals surface area contributed by atoms with Crippen molar-refractivity contribution in [3.05, 3.63) is 53.1 Å². The Bertz CT molecular complexity index is 756. The molecule has 2 rings (SSSR count). The van der Waals surface area contributed by atoms with Gasteiger partial charge >= 0.3 is 0 Å². The molecule has 5 N–H and O–H groups in total. The molecular weight excluding hydrogens is 336 g/mol. The first-order valence-corrected chi connectivity index (χ1v) is 9.50. The molecule has 0 aliphatic carbocycles. The minimum Gasteiger partial charge on any atom is -0.508 e. The van der Waals surface area contributed by atoms with Gasteiger partial charge in [0.25, 0.3) is 0 Å². The maximum Gasteiger partial charge on any atom is 0.133 e. The van der Waals surface area contributed by atoms with E-state index in [0.29, 0.717) is 12.3 Å². The van der Waals surface area contributed by atoms with Crippen LogP contribution in [0.25, 0.3) is 0 Å². The highest BCUT2D eigenvalue weighted by molar-refractivity contribution is 5.48. The summed E-state index contributed by atoms with van der Waals surface area (Å²) in [6.07, 6.45) is 0.940. The fourth-order valence-electron chi connectivity index (χ4n) is 3.83. The van der Waals surface area contributed by atoms with Crippen molar-refractivity contribution in [2.45, 2.75) is 59.4 Å². The number of aryl methyl sites for hydroxylation is 2. The number of rotatable bonds is 7. The first-order valence-electron chi connectivity index (χ1n) is 9.50. The van der Waals surface area contributed by atoms with E-state index >= 15 is 0 Å². The van der Waals surface area contributed by atoms with Crippen LogP contribution in [0.2, 0.25) is 0 Å². The molecule has 0 bridgehead atoms. The summed E-state index contributed by atoms with van der Waals surface area (Å²) in [6, 6.07) is 11.2. The largest absolute Gasteiger partial charge is 0.508 e. The zero-order valence-corrected chi connectivity index (χ0v) is 17.5. The van der Waals surface area contributed by atoms with Crippen LogP contribution in [0.3, 0.4) is 0 Å². The third-order valence-corrected chi connectivity index (χ3v) is 5.45. The Morgan fingerprint density at radius 2 is 1.52 bits per heavy atom. The van der Waals surface area contributed by atoms with E-state index in [1.165, 1.54) is 5.56 Å². The highest BCUT2D eigenvalue weighted by atomic mass is 16.5. The van der Waals surface area contributed by atoms with Gasteiger partial charge in [-0.2, -0.15) is 0 Å². The van der Waals surface area contributed by atoms with E-state index in [0.717, 1.165) is 23.3 Å². The summed E-state index contributed by atoms with van der Waals surface area (Å²) in [5.41, 5.74) is 15.4. The van der Waals surface area contributed by atoms with E-state index < -0.39 is 0 Å². The van der Waals surface area contributed by atoms with Gasteiger partial charge in [-0.15, -0.1) is 0 Å². The van der Waals surface area contributed by atoms with Crippen molar-refractivity contribution in [3.8, 4) is 17.2 Å². The number of hydrogen-bond acceptors (Lipinski definition) is 4. The predicted molar refractivity (Wildman–Crippen MR) is 113 cm³/mol. The second-order valence-corrected chi connectivity index (χ2v) is 8.93. The van der Waals surface area contributed by atoms with Crippen molar-refractivity contribution in [2.24, 2.45) is 16.9 Å². The summed E-state index contributed by atoms with van der Waals surface area (Å²) in [7, 11) is 0. The van der Waals surface area contributed by atoms with Gasteiger partial charge < -0.3 is 21.3 Å². The highest BCUT2D eigenvalue weighted by Gasteiger charge is 2.34. The molecule has 0 saturated heterocycles. The topological polar surface area (TPSA) is 81.5 Å². The van der Waals surface area contributed by atoms with Gasteiger partial charge in [0.1, 0.15) is 17.2 Å². The zero-order valence-electron chi connectivity index (χ0n) is 17.5. The molecular formula is C23H34N2O2. The molecule has 0 heterocycles. The predicted octanol–water partition coefficient (Wildman–Crippen LogP) is 4.78. The van der Waals surface area contributed by atoms with Gasteiger partial charge in [-0.25, -0.2) is 0 Å². The molecule has 2 aromatic carbocycles. The maximum atomic E-state index is 9.44. The number of phenols is 1. The van der Waals surface area contributed by atoms with Crippen molar-refractivity contribution in [2.75, 3.05) is 6.54 Å². The van der Waals surface area contributed by atoms with Gasteiger partial charge in [-0.05, 0) is 72.1 Å². The Labute approximate surface area is 163 Å². The second-order valence-electron chi connectivity index (χ2n) is 8.93. The Kier molecular flexibility index (Phi) is 6.23. The van der Waals surface area contributed by atoms with Gasteiger partial charge in [0.05, 0.1) is 0 Å². The lowest BCUT2D eigenvalue weighted by Gasteiger charge is -2.39. The molecule has 1 atom stereocenters. The Morgan fingerprint density at radius 1 is 1.00 bits per heavy atom. The van der Waals surface area contributed by atoms with Gasteiger partial charge in [0.15, 0.2) is 0 Å². The molecule has 0 saturated carbocycles. The molecule has 0 spiro atoms. The molecule has 1 unspecified atom stereocenters. The lowest BCUT2D eigenvalue weighted by atomic mass is 9.68. The average molecular weight is 371 g/mol. The van der Waals surface area contributed by atoms with Crippen LogP contribution in [0.15, 0.2) is 36.4 Å². The van der Waals surface area contributed by atoms with E-state index in [1.807, 2.05) is 0 Å². The maximum absolute atomic E-state index is 9.44. The zero-order chi connectivity index (χ0) is 20.4. The molecule has 0 aliphatic rings. The number of aromatic hydroxyl groups is 1. The molecule has 148 valence electrons. The van der Waals surface area contributed by atoms with Crippen molar-refractivity contribution < 1.29 is 9.84 Å². The van der Waals surface area contributed by atoms with Crippen LogP contribution in [0, 0.1) is 19.3 Å². The first kappa shape index (κ1) is 21.3. The van der Waals surface area contributed by atoms with Crippen LogP contribution in [-0.2, 0) is 5.41 Å². The van der Waals surface area contributed by atoms with Crippen LogP contribution in [0.1, 0.15) is 50.8 Å². The molecule has 4 heteroatoms. The van der Waals surface area contributed by atoms with Crippen molar-refractivity contribution in [1.29, 1.82) is 0 Å². The first-order chi connectivity index (χ1) is 12.5. The van der Waals surface area contributed by atoms with Crippen LogP contribution in [0.5, 0.6) is 17.2 Å². The normalized spacial score (nSPS) is 13.5. The Morgan fingerprint density at radius 3 is 2.00 bits per heavy atom. The number of benzene rings is 2. The van der Waals surface area contributed by atoms with Gasteiger partial charge in [-0.1, -0.05) is 39.8 Å². The molecule has 27 heavy (non-hydrogen) atoms. The fraction of sp³-hybridized carbons (Fsp3) is 0.478. The summed E-state index contributed by atoms with van der Waals surface area (Å²) < 4.78 is 6.07. The van der Waals surface area contributed by atoms with E-state index in [9.17, 15) is 5.11 Å². The summed E-state index contributed by atoms with van der Waals surface area (Å²) in [5, 5.41) is 9.44. The summed E-state index contributed by atoms with van der Waals surface area (Å²) in [4.78, 5) is 0. The van der Waals surface area contributed by atoms with E-state index in [2.05, 4.69) is 53.7 Å². The fourth-order valence-corrected chi connectivity index (χ4v) is 3.83. The van der Waals surface area contributed by atoms with E-state index in [-0.39, 0.29) is 22.6 Å². The second kappa shape index (κ2) is 7.91. The van der Waals surface area contributed by atoms with Crippen LogP contribution in [-0.4, -0.2) is 17.7 Å². The summed E-state index contributed by atoms with van der Waals surface area (Å²) >= 11 is 0. The Hall–Kier alpha value is -2.04. The van der Waals surface area contributed by atoms with Crippen molar-refractivity contribution >= 4 is 0 Å². The number of hydrogen-bond donors (Lipinski definition) is 3. The molecule has 0 amide bonds. The summed E-state index contributed by atoms with van der Waals surface area (Å²) in [6.45, 7) is 13.5. The SMILES string of the molecule is Cc1cc(C(C)(C)CC(C)(C)C(N)CN)cc(C)c1Oc1ccc(O)cc1. The van der Waals surface area contributed by atoms with Crippen LogP contribution < -0.4 is 16.2 Å². The van der Waals surface area contributed by atoms with Crippen LogP contribution >= 0.6 is 0 Å². The minimum atomic E-state index is -0.0543. The van der Waals surface area contributed by atoms with Gasteiger partial charge in [-0.3, -0.25) is 0 Å². The van der Waals surface area contributed by atoms with Crippen molar-refractivity contribution in [1.82, 2.24) is 0 Å². The third kappa shape index (κ3) is 5.02.